The number of hydrogen-bond donors (Lipinski definition) is 1. The number of carbonyl (C=O) groups is 2. The minimum atomic E-state index is -0.516. The van der Waals surface area contributed by atoms with Crippen LogP contribution in [0, 0.1) is 0 Å². The Morgan fingerprint density at radius 1 is 1.10 bits per heavy atom. The second kappa shape index (κ2) is 8.31. The Morgan fingerprint density at radius 2 is 1.86 bits per heavy atom. The first-order chi connectivity index (χ1) is 14.2. The van der Waals surface area contributed by atoms with E-state index in [2.05, 4.69) is 10.3 Å². The summed E-state index contributed by atoms with van der Waals surface area (Å²) in [6, 6.07) is 16.7. The number of nitrogens with zero attached hydrogens (tertiary/aromatic N) is 1. The molecule has 0 unspecified atom stereocenters. The van der Waals surface area contributed by atoms with Gasteiger partial charge in [-0.1, -0.05) is 36.4 Å². The van der Waals surface area contributed by atoms with Crippen molar-refractivity contribution in [3.05, 3.63) is 71.4 Å². The quantitative estimate of drug-likeness (QED) is 0.624. The van der Waals surface area contributed by atoms with Gasteiger partial charge in [0.15, 0.2) is 6.61 Å². The second-order valence-electron chi connectivity index (χ2n) is 7.05. The Bertz CT molecular complexity index is 1060. The normalized spacial score (nSPS) is 13.1. The lowest BCUT2D eigenvalue weighted by Gasteiger charge is -2.11. The summed E-state index contributed by atoms with van der Waals surface area (Å²) < 4.78 is 10.6. The number of amides is 1. The van der Waals surface area contributed by atoms with E-state index in [9.17, 15) is 9.59 Å². The van der Waals surface area contributed by atoms with E-state index in [4.69, 9.17) is 9.47 Å². The van der Waals surface area contributed by atoms with E-state index in [1.54, 1.807) is 13.2 Å². The van der Waals surface area contributed by atoms with Gasteiger partial charge >= 0.3 is 5.97 Å². The summed E-state index contributed by atoms with van der Waals surface area (Å²) in [6.45, 7) is -0.0478. The van der Waals surface area contributed by atoms with E-state index < -0.39 is 5.97 Å². The minimum absolute atomic E-state index is 0.296. The Morgan fingerprint density at radius 3 is 2.66 bits per heavy atom. The summed E-state index contributed by atoms with van der Waals surface area (Å²) in [4.78, 5) is 29.5. The summed E-state index contributed by atoms with van der Waals surface area (Å²) >= 11 is 0. The van der Waals surface area contributed by atoms with Crippen LogP contribution in [0.5, 0.6) is 5.75 Å². The lowest BCUT2D eigenvalue weighted by atomic mass is 10.1. The number of nitrogens with one attached hydrogen (secondary N) is 1. The molecule has 1 saturated carbocycles. The number of carbonyl (C=O) groups excluding carboxylic acids is 2. The van der Waals surface area contributed by atoms with Gasteiger partial charge in [0, 0.05) is 29.1 Å². The maximum absolute atomic E-state index is 12.7. The average Bonchev–Trinajstić information content (AvgIpc) is 3.61. The summed E-state index contributed by atoms with van der Waals surface area (Å²) in [5.41, 5.74) is 2.99. The number of aromatic nitrogens is 1. The van der Waals surface area contributed by atoms with Gasteiger partial charge in [0.05, 0.1) is 18.2 Å². The van der Waals surface area contributed by atoms with Gasteiger partial charge in [-0.05, 0) is 31.0 Å². The molecule has 0 radical (unpaired) electrons. The molecule has 1 heterocycles. The summed E-state index contributed by atoms with van der Waals surface area (Å²) in [6.07, 6.45) is 2.18. The number of benzene rings is 2. The van der Waals surface area contributed by atoms with Crippen LogP contribution in [0.4, 0.5) is 0 Å². The highest BCUT2D eigenvalue weighted by Crippen LogP contribution is 2.40. The molecule has 0 atom stereocenters. The SMILES string of the molecule is COc1ccccc1CNC(=O)COC(=O)c1cc(C2CC2)nc2ccccc12. The van der Waals surface area contributed by atoms with Crippen LogP contribution in [0.3, 0.4) is 0 Å². The van der Waals surface area contributed by atoms with Crippen LogP contribution in [0.2, 0.25) is 0 Å². The Balaban J connectivity index is 1.41. The number of hydrogen-bond acceptors (Lipinski definition) is 5. The molecule has 1 amide bonds. The molecule has 3 aromatic rings. The third-order valence-corrected chi connectivity index (χ3v) is 4.95. The highest BCUT2D eigenvalue weighted by atomic mass is 16.5. The first kappa shape index (κ1) is 18.9. The lowest BCUT2D eigenvalue weighted by Crippen LogP contribution is -2.28. The monoisotopic (exact) mass is 390 g/mol. The number of esters is 1. The van der Waals surface area contributed by atoms with Gasteiger partial charge in [-0.15, -0.1) is 0 Å². The fourth-order valence-corrected chi connectivity index (χ4v) is 3.26. The summed E-state index contributed by atoms with van der Waals surface area (Å²) in [5.74, 6) is 0.221. The summed E-state index contributed by atoms with van der Waals surface area (Å²) in [7, 11) is 1.58. The molecule has 29 heavy (non-hydrogen) atoms. The molecule has 1 aromatic heterocycles. The van der Waals surface area contributed by atoms with Crippen LogP contribution in [-0.2, 0) is 16.1 Å². The fourth-order valence-electron chi connectivity index (χ4n) is 3.26. The largest absolute Gasteiger partial charge is 0.496 e. The standard InChI is InChI=1S/C23H22N2O4/c1-28-21-9-5-2-6-16(21)13-24-22(26)14-29-23(27)18-12-20(15-10-11-15)25-19-8-4-3-7-17(18)19/h2-9,12,15H,10-11,13-14H2,1H3,(H,24,26). The number of pyridine rings is 1. The predicted molar refractivity (Wildman–Crippen MR) is 109 cm³/mol. The van der Waals surface area contributed by atoms with Crippen molar-refractivity contribution in [1.82, 2.24) is 10.3 Å². The molecule has 0 spiro atoms. The van der Waals surface area contributed by atoms with Gasteiger partial charge in [0.1, 0.15) is 5.75 Å². The molecule has 0 bridgehead atoms. The lowest BCUT2D eigenvalue weighted by molar-refractivity contribution is -0.124. The Kier molecular flexibility index (Phi) is 5.42. The van der Waals surface area contributed by atoms with Crippen molar-refractivity contribution in [1.29, 1.82) is 0 Å². The zero-order valence-electron chi connectivity index (χ0n) is 16.2. The molecule has 1 fully saturated rings. The highest BCUT2D eigenvalue weighted by molar-refractivity contribution is 6.04. The second-order valence-corrected chi connectivity index (χ2v) is 7.05. The van der Waals surface area contributed by atoms with Crippen LogP contribution in [-0.4, -0.2) is 30.6 Å². The van der Waals surface area contributed by atoms with E-state index in [0.29, 0.717) is 23.8 Å². The van der Waals surface area contributed by atoms with E-state index in [0.717, 1.165) is 35.0 Å². The maximum Gasteiger partial charge on any atom is 0.339 e. The van der Waals surface area contributed by atoms with Gasteiger partial charge in [0.25, 0.3) is 5.91 Å². The van der Waals surface area contributed by atoms with Gasteiger partial charge in [0.2, 0.25) is 0 Å². The number of methoxy groups -OCH3 is 1. The van der Waals surface area contributed by atoms with E-state index in [1.165, 1.54) is 0 Å². The predicted octanol–water partition coefficient (Wildman–Crippen LogP) is 3.59. The first-order valence-corrected chi connectivity index (χ1v) is 9.61. The molecular weight excluding hydrogens is 368 g/mol. The van der Waals surface area contributed by atoms with Crippen molar-refractivity contribution in [3.63, 3.8) is 0 Å². The molecule has 1 N–H and O–H groups in total. The third kappa shape index (κ3) is 4.37. The first-order valence-electron chi connectivity index (χ1n) is 9.61. The van der Waals surface area contributed by atoms with Crippen LogP contribution in [0.15, 0.2) is 54.6 Å². The molecular formula is C23H22N2O4. The van der Waals surface area contributed by atoms with Crippen LogP contribution >= 0.6 is 0 Å². The number of rotatable bonds is 7. The van der Waals surface area contributed by atoms with Crippen molar-refractivity contribution in [2.75, 3.05) is 13.7 Å². The molecule has 1 aliphatic carbocycles. The van der Waals surface area contributed by atoms with Crippen molar-refractivity contribution < 1.29 is 19.1 Å². The molecule has 4 rings (SSSR count). The van der Waals surface area contributed by atoms with Crippen molar-refractivity contribution >= 4 is 22.8 Å². The van der Waals surface area contributed by atoms with Crippen LogP contribution in [0.1, 0.15) is 40.4 Å². The van der Waals surface area contributed by atoms with Gasteiger partial charge in [-0.2, -0.15) is 0 Å². The zero-order valence-corrected chi connectivity index (χ0v) is 16.2. The average molecular weight is 390 g/mol. The number of para-hydroxylation sites is 2. The summed E-state index contributed by atoms with van der Waals surface area (Å²) in [5, 5.41) is 3.48. The topological polar surface area (TPSA) is 77.5 Å². The number of fused-ring (bicyclic) bond motifs is 1. The van der Waals surface area contributed by atoms with Gasteiger partial charge in [-0.3, -0.25) is 9.78 Å². The maximum atomic E-state index is 12.7. The molecule has 6 heteroatoms. The molecule has 0 saturated heterocycles. The van der Waals surface area contributed by atoms with E-state index in [-0.39, 0.29) is 12.5 Å². The minimum Gasteiger partial charge on any atom is -0.496 e. The van der Waals surface area contributed by atoms with Crippen molar-refractivity contribution in [3.8, 4) is 5.75 Å². The van der Waals surface area contributed by atoms with E-state index >= 15 is 0 Å². The highest BCUT2D eigenvalue weighted by Gasteiger charge is 2.27. The van der Waals surface area contributed by atoms with Gasteiger partial charge < -0.3 is 14.8 Å². The smallest absolute Gasteiger partial charge is 0.339 e. The third-order valence-electron chi connectivity index (χ3n) is 4.95. The molecule has 1 aliphatic rings. The molecule has 148 valence electrons. The zero-order chi connectivity index (χ0) is 20.2. The molecule has 6 nitrogen and oxygen atoms in total. The van der Waals surface area contributed by atoms with Crippen molar-refractivity contribution in [2.45, 2.75) is 25.3 Å². The Hall–Kier alpha value is -3.41. The fraction of sp³-hybridized carbons (Fsp3) is 0.261. The van der Waals surface area contributed by atoms with Crippen molar-refractivity contribution in [2.24, 2.45) is 0 Å². The van der Waals surface area contributed by atoms with E-state index in [1.807, 2.05) is 48.5 Å². The van der Waals surface area contributed by atoms with Crippen LogP contribution in [0.25, 0.3) is 10.9 Å². The van der Waals surface area contributed by atoms with Crippen LogP contribution < -0.4 is 10.1 Å². The van der Waals surface area contributed by atoms with Gasteiger partial charge in [-0.25, -0.2) is 4.79 Å². The Labute approximate surface area is 168 Å². The molecule has 2 aromatic carbocycles. The molecule has 0 aliphatic heterocycles. The number of ether oxygens (including phenoxy) is 2.